The Labute approximate surface area is 152 Å². The average Bonchev–Trinajstić information content (AvgIpc) is 2.89. The van der Waals surface area contributed by atoms with Gasteiger partial charge < -0.3 is 5.32 Å². The quantitative estimate of drug-likeness (QED) is 0.894. The molecular weight excluding hydrogens is 352 g/mol. The number of nitrogens with zero attached hydrogens (tertiary/aromatic N) is 1. The lowest BCUT2D eigenvalue weighted by Gasteiger charge is -2.16. The monoisotopic (exact) mass is 372 g/mol. The minimum Gasteiger partial charge on any atom is -0.321 e. The highest BCUT2D eigenvalue weighted by molar-refractivity contribution is 7.94. The summed E-state index contributed by atoms with van der Waals surface area (Å²) in [6.45, 7) is 3.95. The Bertz CT molecular complexity index is 966. The number of hydrogen-bond donors (Lipinski definition) is 1. The second-order valence-corrected chi connectivity index (χ2v) is 8.12. The molecule has 1 aliphatic heterocycles. The molecular formula is C19H20N2O4S. The fourth-order valence-electron chi connectivity index (χ4n) is 3.00. The van der Waals surface area contributed by atoms with Crippen LogP contribution in [0, 0.1) is 6.92 Å². The maximum atomic E-state index is 12.5. The van der Waals surface area contributed by atoms with E-state index in [-0.39, 0.29) is 23.8 Å². The van der Waals surface area contributed by atoms with Gasteiger partial charge in [0.15, 0.2) is 0 Å². The van der Waals surface area contributed by atoms with Crippen LogP contribution in [0.5, 0.6) is 0 Å². The number of benzene rings is 2. The summed E-state index contributed by atoms with van der Waals surface area (Å²) >= 11 is 0. The third kappa shape index (κ3) is 3.35. The van der Waals surface area contributed by atoms with Crippen molar-refractivity contribution in [1.82, 2.24) is 0 Å². The predicted octanol–water partition coefficient (Wildman–Crippen LogP) is 2.88. The number of carbonyl (C=O) groups excluding carboxylic acids is 2. The van der Waals surface area contributed by atoms with E-state index in [9.17, 15) is 18.0 Å². The molecule has 7 heteroatoms. The molecule has 6 nitrogen and oxygen atoms in total. The van der Waals surface area contributed by atoms with Crippen LogP contribution in [0.2, 0.25) is 0 Å². The number of rotatable bonds is 4. The number of sulfonamides is 1. The van der Waals surface area contributed by atoms with Gasteiger partial charge in [0.25, 0.3) is 5.91 Å². The number of aryl methyl sites for hydroxylation is 2. The van der Waals surface area contributed by atoms with Crippen molar-refractivity contribution in [2.75, 3.05) is 15.4 Å². The second-order valence-electron chi connectivity index (χ2n) is 6.19. The Hall–Kier alpha value is -2.67. The Morgan fingerprint density at radius 3 is 2.42 bits per heavy atom. The minimum atomic E-state index is -3.60. The van der Waals surface area contributed by atoms with E-state index < -0.39 is 15.9 Å². The van der Waals surface area contributed by atoms with Gasteiger partial charge in [0.2, 0.25) is 15.9 Å². The molecule has 136 valence electrons. The van der Waals surface area contributed by atoms with Crippen molar-refractivity contribution >= 4 is 33.2 Å². The minimum absolute atomic E-state index is 0.0162. The summed E-state index contributed by atoms with van der Waals surface area (Å²) in [4.78, 5) is 24.4. The predicted molar refractivity (Wildman–Crippen MR) is 101 cm³/mol. The normalized spacial score (nSPS) is 15.9. The molecule has 1 heterocycles. The van der Waals surface area contributed by atoms with E-state index in [0.717, 1.165) is 27.5 Å². The third-order valence-electron chi connectivity index (χ3n) is 4.42. The fraction of sp³-hybridized carbons (Fsp3) is 0.263. The van der Waals surface area contributed by atoms with Gasteiger partial charge in [-0.1, -0.05) is 25.1 Å². The molecule has 0 spiro atoms. The molecule has 1 fully saturated rings. The van der Waals surface area contributed by atoms with Crippen molar-refractivity contribution in [3.05, 3.63) is 59.2 Å². The lowest BCUT2D eigenvalue weighted by atomic mass is 10.1. The van der Waals surface area contributed by atoms with Crippen molar-refractivity contribution in [2.45, 2.75) is 26.7 Å². The molecule has 1 N–H and O–H groups in total. The summed E-state index contributed by atoms with van der Waals surface area (Å²) in [5, 5.41) is 2.92. The van der Waals surface area contributed by atoms with Crippen LogP contribution in [0.15, 0.2) is 42.5 Å². The van der Waals surface area contributed by atoms with Gasteiger partial charge in [-0.05, 0) is 48.7 Å². The summed E-state index contributed by atoms with van der Waals surface area (Å²) in [5.74, 6) is -0.910. The van der Waals surface area contributed by atoms with Crippen molar-refractivity contribution in [3.8, 4) is 0 Å². The maximum Gasteiger partial charge on any atom is 0.255 e. The van der Waals surface area contributed by atoms with Gasteiger partial charge >= 0.3 is 0 Å². The number of anilines is 2. The van der Waals surface area contributed by atoms with Gasteiger partial charge in [0, 0.05) is 17.7 Å². The van der Waals surface area contributed by atoms with E-state index in [1.54, 1.807) is 0 Å². The van der Waals surface area contributed by atoms with Crippen LogP contribution >= 0.6 is 0 Å². The molecule has 1 aliphatic rings. The number of amides is 2. The molecule has 26 heavy (non-hydrogen) atoms. The maximum absolute atomic E-state index is 12.5. The van der Waals surface area contributed by atoms with Crippen molar-refractivity contribution in [3.63, 3.8) is 0 Å². The van der Waals surface area contributed by atoms with Crippen molar-refractivity contribution in [1.29, 1.82) is 0 Å². The molecule has 0 saturated carbocycles. The zero-order valence-corrected chi connectivity index (χ0v) is 15.5. The molecule has 2 aromatic rings. The van der Waals surface area contributed by atoms with E-state index in [0.29, 0.717) is 5.56 Å². The first kappa shape index (κ1) is 18.1. The summed E-state index contributed by atoms with van der Waals surface area (Å²) in [5.41, 5.74) is 3.46. The average molecular weight is 372 g/mol. The van der Waals surface area contributed by atoms with E-state index in [1.165, 1.54) is 24.3 Å². The van der Waals surface area contributed by atoms with Gasteiger partial charge in [0.05, 0.1) is 11.4 Å². The molecule has 0 aromatic heterocycles. The molecule has 0 aliphatic carbocycles. The Morgan fingerprint density at radius 2 is 1.85 bits per heavy atom. The highest BCUT2D eigenvalue weighted by Gasteiger charge is 2.36. The molecule has 3 rings (SSSR count). The molecule has 2 amide bonds. The van der Waals surface area contributed by atoms with Gasteiger partial charge in [-0.2, -0.15) is 0 Å². The fourth-order valence-corrected chi connectivity index (χ4v) is 4.46. The number of hydrogen-bond acceptors (Lipinski definition) is 4. The third-order valence-corrected chi connectivity index (χ3v) is 6.11. The van der Waals surface area contributed by atoms with E-state index >= 15 is 0 Å². The van der Waals surface area contributed by atoms with Crippen LogP contribution in [-0.4, -0.2) is 26.0 Å². The molecule has 2 aromatic carbocycles. The first-order valence-electron chi connectivity index (χ1n) is 8.39. The Morgan fingerprint density at radius 1 is 1.15 bits per heavy atom. The number of nitrogens with one attached hydrogen (secondary N) is 1. The highest BCUT2D eigenvalue weighted by atomic mass is 32.2. The van der Waals surface area contributed by atoms with Gasteiger partial charge in [-0.25, -0.2) is 12.7 Å². The smallest absolute Gasteiger partial charge is 0.255 e. The highest BCUT2D eigenvalue weighted by Crippen LogP contribution is 2.26. The summed E-state index contributed by atoms with van der Waals surface area (Å²) in [6.07, 6.45) is 0.781. The van der Waals surface area contributed by atoms with E-state index in [2.05, 4.69) is 5.32 Å². The molecule has 0 radical (unpaired) electrons. The molecule has 1 saturated heterocycles. The van der Waals surface area contributed by atoms with Crippen LogP contribution in [-0.2, 0) is 21.2 Å². The lowest BCUT2D eigenvalue weighted by molar-refractivity contribution is -0.116. The van der Waals surface area contributed by atoms with Crippen LogP contribution in [0.25, 0.3) is 0 Å². The standard InChI is InChI=1S/C19H20N2O4S/c1-3-14-6-4-5-13(2)18(14)20-19(23)15-7-9-16(10-8-15)21-17(22)11-12-26(21,24)25/h4-10H,3,11-12H2,1-2H3,(H,20,23). The first-order chi connectivity index (χ1) is 12.3. The largest absolute Gasteiger partial charge is 0.321 e. The number of carbonyl (C=O) groups is 2. The van der Waals surface area contributed by atoms with Gasteiger partial charge in [0.1, 0.15) is 0 Å². The summed E-state index contributed by atoms with van der Waals surface area (Å²) in [7, 11) is -3.60. The zero-order chi connectivity index (χ0) is 18.9. The van der Waals surface area contributed by atoms with Gasteiger partial charge in [-0.3, -0.25) is 9.59 Å². The molecule has 0 atom stereocenters. The molecule has 0 bridgehead atoms. The Balaban J connectivity index is 1.83. The van der Waals surface area contributed by atoms with Crippen molar-refractivity contribution in [2.24, 2.45) is 0 Å². The topological polar surface area (TPSA) is 83.6 Å². The SMILES string of the molecule is CCc1cccc(C)c1NC(=O)c1ccc(N2C(=O)CCS2(=O)=O)cc1. The van der Waals surface area contributed by atoms with Crippen LogP contribution in [0.4, 0.5) is 11.4 Å². The molecule has 0 unspecified atom stereocenters. The van der Waals surface area contributed by atoms with Crippen LogP contribution in [0.1, 0.15) is 34.8 Å². The summed E-state index contributed by atoms with van der Waals surface area (Å²) < 4.78 is 24.7. The van der Waals surface area contributed by atoms with Crippen LogP contribution < -0.4 is 9.62 Å². The lowest BCUT2D eigenvalue weighted by Crippen LogP contribution is -2.29. The second kappa shape index (κ2) is 6.92. The van der Waals surface area contributed by atoms with Gasteiger partial charge in [-0.15, -0.1) is 0 Å². The number of para-hydroxylation sites is 1. The summed E-state index contributed by atoms with van der Waals surface area (Å²) in [6, 6.07) is 11.9. The van der Waals surface area contributed by atoms with Crippen molar-refractivity contribution < 1.29 is 18.0 Å². The first-order valence-corrected chi connectivity index (χ1v) is 10.00. The zero-order valence-electron chi connectivity index (χ0n) is 14.7. The van der Waals surface area contributed by atoms with E-state index in [4.69, 9.17) is 0 Å². The van der Waals surface area contributed by atoms with Crippen LogP contribution in [0.3, 0.4) is 0 Å². The van der Waals surface area contributed by atoms with E-state index in [1.807, 2.05) is 32.0 Å². The Kier molecular flexibility index (Phi) is 4.82.